The molecule has 7 heteroatoms. The molecule has 0 atom stereocenters. The molecule has 0 unspecified atom stereocenters. The molecule has 0 aromatic heterocycles. The van der Waals surface area contributed by atoms with Crippen molar-refractivity contribution in [2.24, 2.45) is 4.99 Å². The van der Waals surface area contributed by atoms with Crippen LogP contribution in [0.4, 0.5) is 4.79 Å². The minimum absolute atomic E-state index is 0.208. The molecular formula is C18H35N5O2. The minimum Gasteiger partial charge on any atom is -0.444 e. The van der Waals surface area contributed by atoms with Gasteiger partial charge in [0.2, 0.25) is 0 Å². The highest BCUT2D eigenvalue weighted by atomic mass is 16.6. The summed E-state index contributed by atoms with van der Waals surface area (Å²) in [6.45, 7) is 18.0. The van der Waals surface area contributed by atoms with Crippen LogP contribution in [0.15, 0.2) is 17.6 Å². The summed E-state index contributed by atoms with van der Waals surface area (Å²) in [6, 6.07) is 0. The number of guanidine groups is 1. The van der Waals surface area contributed by atoms with Crippen LogP contribution in [-0.4, -0.2) is 79.8 Å². The van der Waals surface area contributed by atoms with E-state index in [0.29, 0.717) is 6.54 Å². The van der Waals surface area contributed by atoms with Crippen molar-refractivity contribution in [3.63, 3.8) is 0 Å². The summed E-state index contributed by atoms with van der Waals surface area (Å²) in [7, 11) is 0. The molecular weight excluding hydrogens is 318 g/mol. The Labute approximate surface area is 152 Å². The third-order valence-corrected chi connectivity index (χ3v) is 3.68. The second kappa shape index (κ2) is 11.0. The summed E-state index contributed by atoms with van der Waals surface area (Å²) >= 11 is 0. The van der Waals surface area contributed by atoms with Gasteiger partial charge in [0.05, 0.1) is 0 Å². The molecule has 1 aliphatic heterocycles. The third-order valence-electron chi connectivity index (χ3n) is 3.68. The average molecular weight is 354 g/mol. The summed E-state index contributed by atoms with van der Waals surface area (Å²) < 4.78 is 5.42. The normalized spacial score (nSPS) is 16.5. The number of rotatable bonds is 7. The average Bonchev–Trinajstić information content (AvgIpc) is 2.55. The molecule has 1 rings (SSSR count). The molecule has 1 fully saturated rings. The van der Waals surface area contributed by atoms with Crippen LogP contribution in [0.3, 0.4) is 0 Å². The summed E-state index contributed by atoms with van der Waals surface area (Å²) in [6.07, 6.45) is 2.61. The standard InChI is InChI=1S/C18H35N5O2/c1-6-9-20-16(19-7-2)21-10-8-11-22-12-14-23(15-13-22)17(24)25-18(3,4)5/h6H,1,7-15H2,2-5H3,(H2,19,20,21). The number of aliphatic imine (C=N–C) groups is 1. The van der Waals surface area contributed by atoms with Gasteiger partial charge in [0.1, 0.15) is 5.60 Å². The number of hydrogen-bond acceptors (Lipinski definition) is 4. The molecule has 144 valence electrons. The van der Waals surface area contributed by atoms with Gasteiger partial charge in [-0.05, 0) is 34.1 Å². The fourth-order valence-corrected chi connectivity index (χ4v) is 2.48. The van der Waals surface area contributed by atoms with Crippen molar-refractivity contribution in [1.29, 1.82) is 0 Å². The summed E-state index contributed by atoms with van der Waals surface area (Å²) in [5, 5.41) is 6.41. The van der Waals surface area contributed by atoms with Crippen LogP contribution in [0, 0.1) is 0 Å². The Morgan fingerprint density at radius 1 is 1.24 bits per heavy atom. The number of nitrogens with one attached hydrogen (secondary N) is 2. The Morgan fingerprint density at radius 3 is 2.48 bits per heavy atom. The van der Waals surface area contributed by atoms with Gasteiger partial charge in [-0.3, -0.25) is 9.89 Å². The zero-order chi connectivity index (χ0) is 18.7. The van der Waals surface area contributed by atoms with Gasteiger partial charge in [-0.25, -0.2) is 4.79 Å². The summed E-state index contributed by atoms with van der Waals surface area (Å²) in [5.41, 5.74) is -0.434. The van der Waals surface area contributed by atoms with Gasteiger partial charge < -0.3 is 20.3 Å². The molecule has 1 heterocycles. The topological polar surface area (TPSA) is 69.2 Å². The van der Waals surface area contributed by atoms with Crippen molar-refractivity contribution < 1.29 is 9.53 Å². The lowest BCUT2D eigenvalue weighted by atomic mass is 10.2. The highest BCUT2D eigenvalue weighted by Crippen LogP contribution is 2.11. The van der Waals surface area contributed by atoms with E-state index in [0.717, 1.165) is 58.2 Å². The van der Waals surface area contributed by atoms with Crippen molar-refractivity contribution in [2.75, 3.05) is 52.4 Å². The van der Waals surface area contributed by atoms with Crippen molar-refractivity contribution in [2.45, 2.75) is 39.7 Å². The zero-order valence-corrected chi connectivity index (χ0v) is 16.3. The molecule has 0 aliphatic carbocycles. The van der Waals surface area contributed by atoms with Crippen LogP contribution >= 0.6 is 0 Å². The molecule has 2 N–H and O–H groups in total. The maximum absolute atomic E-state index is 12.1. The molecule has 0 spiro atoms. The van der Waals surface area contributed by atoms with E-state index in [-0.39, 0.29) is 6.09 Å². The highest BCUT2D eigenvalue weighted by molar-refractivity contribution is 5.79. The van der Waals surface area contributed by atoms with Crippen molar-refractivity contribution in [3.8, 4) is 0 Å². The Morgan fingerprint density at radius 2 is 1.92 bits per heavy atom. The number of ether oxygens (including phenoxy) is 1. The lowest BCUT2D eigenvalue weighted by Gasteiger charge is -2.35. The lowest BCUT2D eigenvalue weighted by molar-refractivity contribution is 0.0145. The second-order valence-corrected chi connectivity index (χ2v) is 7.09. The van der Waals surface area contributed by atoms with E-state index < -0.39 is 5.60 Å². The fourth-order valence-electron chi connectivity index (χ4n) is 2.48. The highest BCUT2D eigenvalue weighted by Gasteiger charge is 2.25. The van der Waals surface area contributed by atoms with Gasteiger partial charge in [0, 0.05) is 52.4 Å². The minimum atomic E-state index is -0.434. The number of hydrogen-bond donors (Lipinski definition) is 2. The van der Waals surface area contributed by atoms with Crippen LogP contribution in [-0.2, 0) is 4.74 Å². The molecule has 1 amide bonds. The molecule has 7 nitrogen and oxygen atoms in total. The van der Waals surface area contributed by atoms with Crippen LogP contribution in [0.2, 0.25) is 0 Å². The van der Waals surface area contributed by atoms with E-state index in [2.05, 4.69) is 34.0 Å². The molecule has 0 aromatic carbocycles. The van der Waals surface area contributed by atoms with Gasteiger partial charge in [-0.1, -0.05) is 6.08 Å². The first-order chi connectivity index (χ1) is 11.9. The molecule has 0 radical (unpaired) electrons. The molecule has 0 aromatic rings. The van der Waals surface area contributed by atoms with E-state index in [1.54, 1.807) is 4.90 Å². The summed E-state index contributed by atoms with van der Waals surface area (Å²) in [5.74, 6) is 0.831. The SMILES string of the molecule is C=CCNC(=NCCCN1CCN(C(=O)OC(C)(C)C)CC1)NCC. The summed E-state index contributed by atoms with van der Waals surface area (Å²) in [4.78, 5) is 20.8. The first kappa shape index (κ1) is 21.3. The smallest absolute Gasteiger partial charge is 0.410 e. The second-order valence-electron chi connectivity index (χ2n) is 7.09. The van der Waals surface area contributed by atoms with Crippen LogP contribution < -0.4 is 10.6 Å². The number of carbonyl (C=O) groups excluding carboxylic acids is 1. The predicted molar refractivity (Wildman–Crippen MR) is 103 cm³/mol. The van der Waals surface area contributed by atoms with Crippen LogP contribution in [0.1, 0.15) is 34.1 Å². The van der Waals surface area contributed by atoms with E-state index in [4.69, 9.17) is 4.74 Å². The first-order valence-corrected chi connectivity index (χ1v) is 9.19. The maximum atomic E-state index is 12.1. The first-order valence-electron chi connectivity index (χ1n) is 9.19. The predicted octanol–water partition coefficient (Wildman–Crippen LogP) is 1.67. The molecule has 1 aliphatic rings. The molecule has 0 saturated carbocycles. The Hall–Kier alpha value is -1.76. The Balaban J connectivity index is 2.25. The Bertz CT molecular complexity index is 437. The number of piperazine rings is 1. The van der Waals surface area contributed by atoms with Gasteiger partial charge >= 0.3 is 6.09 Å². The third kappa shape index (κ3) is 9.34. The van der Waals surface area contributed by atoms with Gasteiger partial charge in [-0.2, -0.15) is 0 Å². The molecule has 0 bridgehead atoms. The zero-order valence-electron chi connectivity index (χ0n) is 16.3. The van der Waals surface area contributed by atoms with Gasteiger partial charge in [0.15, 0.2) is 5.96 Å². The van der Waals surface area contributed by atoms with E-state index in [1.165, 1.54) is 0 Å². The van der Waals surface area contributed by atoms with E-state index in [9.17, 15) is 4.79 Å². The van der Waals surface area contributed by atoms with Crippen molar-refractivity contribution in [3.05, 3.63) is 12.7 Å². The number of amides is 1. The van der Waals surface area contributed by atoms with Crippen LogP contribution in [0.5, 0.6) is 0 Å². The van der Waals surface area contributed by atoms with Crippen molar-refractivity contribution in [1.82, 2.24) is 20.4 Å². The van der Waals surface area contributed by atoms with Gasteiger partial charge in [-0.15, -0.1) is 6.58 Å². The van der Waals surface area contributed by atoms with E-state index in [1.807, 2.05) is 26.8 Å². The largest absolute Gasteiger partial charge is 0.444 e. The van der Waals surface area contributed by atoms with Gasteiger partial charge in [0.25, 0.3) is 0 Å². The van der Waals surface area contributed by atoms with Crippen molar-refractivity contribution >= 4 is 12.1 Å². The monoisotopic (exact) mass is 353 g/mol. The molecule has 25 heavy (non-hydrogen) atoms. The number of nitrogens with zero attached hydrogens (tertiary/aromatic N) is 3. The lowest BCUT2D eigenvalue weighted by Crippen LogP contribution is -2.50. The number of carbonyl (C=O) groups is 1. The molecule has 1 saturated heterocycles. The quantitative estimate of drug-likeness (QED) is 0.315. The van der Waals surface area contributed by atoms with E-state index >= 15 is 0 Å². The maximum Gasteiger partial charge on any atom is 0.410 e. The van der Waals surface area contributed by atoms with Crippen LogP contribution in [0.25, 0.3) is 0 Å². The Kier molecular flexibility index (Phi) is 9.34. The fraction of sp³-hybridized carbons (Fsp3) is 0.778.